The number of rotatable bonds is 4. The van der Waals surface area contributed by atoms with E-state index in [1.807, 2.05) is 6.08 Å². The highest BCUT2D eigenvalue weighted by Crippen LogP contribution is 2.14. The molecule has 1 nitrogen and oxygen atoms in total. The molecule has 0 heterocycles. The van der Waals surface area contributed by atoms with Gasteiger partial charge in [-0.1, -0.05) is 11.5 Å². The van der Waals surface area contributed by atoms with E-state index in [2.05, 4.69) is 40.8 Å². The van der Waals surface area contributed by atoms with E-state index in [0.717, 1.165) is 12.0 Å². The van der Waals surface area contributed by atoms with Gasteiger partial charge in [-0.25, -0.2) is 0 Å². The summed E-state index contributed by atoms with van der Waals surface area (Å²) in [5, 5.41) is 9.67. The first-order valence-corrected chi connectivity index (χ1v) is 4.39. The van der Waals surface area contributed by atoms with Crippen molar-refractivity contribution in [1.82, 2.24) is 0 Å². The van der Waals surface area contributed by atoms with Crippen molar-refractivity contribution in [3.05, 3.63) is 46.2 Å². The summed E-state index contributed by atoms with van der Waals surface area (Å²) in [6.07, 6.45) is 5.28. The van der Waals surface area contributed by atoms with Gasteiger partial charge in [-0.2, -0.15) is 0 Å². The van der Waals surface area contributed by atoms with E-state index >= 15 is 0 Å². The first-order valence-electron chi connectivity index (χ1n) is 4.39. The van der Waals surface area contributed by atoms with Crippen molar-refractivity contribution >= 4 is 0 Å². The summed E-state index contributed by atoms with van der Waals surface area (Å²) < 4.78 is 0. The Balaban J connectivity index is 1.88. The largest absolute Gasteiger partial charge is 0.373 e. The van der Waals surface area contributed by atoms with Crippen LogP contribution in [0.3, 0.4) is 0 Å². The summed E-state index contributed by atoms with van der Waals surface area (Å²) in [5.41, 5.74) is 12.8. The van der Waals surface area contributed by atoms with Crippen molar-refractivity contribution in [2.24, 2.45) is 0 Å². The van der Waals surface area contributed by atoms with E-state index in [1.165, 1.54) is 0 Å². The first-order chi connectivity index (χ1) is 6.86. The quantitative estimate of drug-likeness (QED) is 0.393. The standard InChI is InChI=1S/C13H7O/c14-13(12-7-3-4-8-12)10-9-11-5-1-2-6-11/h5,13-14H,9-10H2/q+1. The average molecular weight is 179 g/mol. The molecule has 64 valence electrons. The normalized spacial score (nSPS) is 16.1. The van der Waals surface area contributed by atoms with Crippen LogP contribution < -0.4 is 0 Å². The van der Waals surface area contributed by atoms with Gasteiger partial charge >= 0.3 is 0 Å². The number of aliphatic hydroxyl groups excluding tert-OH is 1. The zero-order valence-electron chi connectivity index (χ0n) is 7.52. The van der Waals surface area contributed by atoms with Gasteiger partial charge in [-0.3, -0.25) is 0 Å². The summed E-state index contributed by atoms with van der Waals surface area (Å²) in [4.78, 5) is 0. The van der Waals surface area contributed by atoms with Crippen molar-refractivity contribution in [3.63, 3.8) is 0 Å². The Bertz CT molecular complexity index is 511. The Morgan fingerprint density at radius 3 is 3.07 bits per heavy atom. The topological polar surface area (TPSA) is 20.2 Å². The molecule has 1 N–H and O–H groups in total. The molecule has 0 saturated carbocycles. The van der Waals surface area contributed by atoms with E-state index in [0.29, 0.717) is 12.0 Å². The fourth-order valence-electron chi connectivity index (χ4n) is 1.24. The highest BCUT2D eigenvalue weighted by molar-refractivity contribution is 5.38. The molecule has 0 aromatic rings. The van der Waals surface area contributed by atoms with Gasteiger partial charge in [0, 0.05) is 11.6 Å². The third-order valence-electron chi connectivity index (χ3n) is 2.02. The maximum Gasteiger partial charge on any atom is 0.241 e. The number of aliphatic hydroxyl groups is 1. The third kappa shape index (κ3) is 1.85. The Morgan fingerprint density at radius 2 is 2.43 bits per heavy atom. The highest BCUT2D eigenvalue weighted by atomic mass is 16.3. The Labute approximate surface area is 82.8 Å². The Kier molecular flexibility index (Phi) is 2.36. The van der Waals surface area contributed by atoms with E-state index in [9.17, 15) is 5.11 Å². The van der Waals surface area contributed by atoms with Crippen molar-refractivity contribution in [1.29, 1.82) is 0 Å². The van der Waals surface area contributed by atoms with Crippen LogP contribution >= 0.6 is 0 Å². The molecule has 14 heavy (non-hydrogen) atoms. The van der Waals surface area contributed by atoms with Gasteiger partial charge in [-0.05, 0) is 18.6 Å². The zero-order chi connectivity index (χ0) is 9.80. The lowest BCUT2D eigenvalue weighted by molar-refractivity contribution is 0.206. The predicted molar refractivity (Wildman–Crippen MR) is 51.9 cm³/mol. The van der Waals surface area contributed by atoms with Gasteiger partial charge in [0.05, 0.1) is 0 Å². The second-order valence-corrected chi connectivity index (χ2v) is 3.03. The lowest BCUT2D eigenvalue weighted by Crippen LogP contribution is -2.07. The summed E-state index contributed by atoms with van der Waals surface area (Å²) >= 11 is 0. The number of allylic oxidation sites excluding steroid dienone is 2. The molecule has 2 aliphatic rings. The van der Waals surface area contributed by atoms with E-state index in [4.69, 9.17) is 0 Å². The highest BCUT2D eigenvalue weighted by Gasteiger charge is 2.19. The molecule has 0 aromatic heterocycles. The van der Waals surface area contributed by atoms with Crippen LogP contribution in [0.2, 0.25) is 0 Å². The van der Waals surface area contributed by atoms with Crippen molar-refractivity contribution < 1.29 is 5.11 Å². The summed E-state index contributed by atoms with van der Waals surface area (Å²) in [6.45, 7) is 0. The van der Waals surface area contributed by atoms with E-state index < -0.39 is 6.10 Å². The molecule has 0 amide bonds. The molecule has 0 aromatic carbocycles. The molecular formula is C13H7O+. The Morgan fingerprint density at radius 1 is 1.50 bits per heavy atom. The zero-order valence-corrected chi connectivity index (χ0v) is 7.52. The molecule has 1 heteroatoms. The minimum Gasteiger partial charge on any atom is -0.373 e. The molecule has 0 radical (unpaired) electrons. The van der Waals surface area contributed by atoms with Crippen LogP contribution in [-0.4, -0.2) is 11.2 Å². The molecule has 2 aliphatic carbocycles. The fraction of sp³-hybridized carbons (Fsp3) is 0.231. The van der Waals surface area contributed by atoms with Crippen LogP contribution in [0.5, 0.6) is 0 Å². The maximum atomic E-state index is 9.67. The fourth-order valence-corrected chi connectivity index (χ4v) is 1.24. The first kappa shape index (κ1) is 8.62. The van der Waals surface area contributed by atoms with E-state index in [1.54, 1.807) is 0 Å². The second kappa shape index (κ2) is 3.83. The summed E-state index contributed by atoms with van der Waals surface area (Å²) in [6, 6.07) is 0. The third-order valence-corrected chi connectivity index (χ3v) is 2.02. The molecule has 0 bridgehead atoms. The number of hydrogen-bond acceptors (Lipinski definition) is 1. The van der Waals surface area contributed by atoms with Crippen LogP contribution in [-0.2, 0) is 0 Å². The van der Waals surface area contributed by atoms with Gasteiger partial charge < -0.3 is 5.11 Å². The monoisotopic (exact) mass is 179 g/mol. The Hall–Kier alpha value is -1.97. The molecule has 0 spiro atoms. The summed E-state index contributed by atoms with van der Waals surface area (Å²) in [7, 11) is 0. The van der Waals surface area contributed by atoms with Gasteiger partial charge in [0.2, 0.25) is 5.57 Å². The van der Waals surface area contributed by atoms with Gasteiger partial charge in [0.15, 0.2) is 24.0 Å². The smallest absolute Gasteiger partial charge is 0.241 e. The molecular weight excluding hydrogens is 172 g/mol. The van der Waals surface area contributed by atoms with Gasteiger partial charge in [0.25, 0.3) is 0 Å². The molecule has 0 aliphatic heterocycles. The lowest BCUT2D eigenvalue weighted by Gasteiger charge is -2.01. The predicted octanol–water partition coefficient (Wildman–Crippen LogP) is 1.43. The minimum atomic E-state index is -0.541. The van der Waals surface area contributed by atoms with Crippen LogP contribution in [0.25, 0.3) is 0 Å². The van der Waals surface area contributed by atoms with Crippen molar-refractivity contribution in [2.75, 3.05) is 0 Å². The van der Waals surface area contributed by atoms with Gasteiger partial charge in [-0.15, -0.1) is 0 Å². The van der Waals surface area contributed by atoms with Crippen LogP contribution in [0.1, 0.15) is 12.8 Å². The second-order valence-electron chi connectivity index (χ2n) is 3.03. The molecule has 1 unspecified atom stereocenters. The molecule has 0 fully saturated rings. The molecule has 2 rings (SSSR count). The lowest BCUT2D eigenvalue weighted by atomic mass is 10.0. The van der Waals surface area contributed by atoms with Crippen LogP contribution in [0.4, 0.5) is 0 Å². The maximum absolute atomic E-state index is 9.67. The van der Waals surface area contributed by atoms with E-state index in [-0.39, 0.29) is 0 Å². The average Bonchev–Trinajstić information content (AvgIpc) is 2.87. The minimum absolute atomic E-state index is 0.541. The SMILES string of the molecule is OC(CCC1=C=C=C=C1)C1=C=[C+]C#C1. The summed E-state index contributed by atoms with van der Waals surface area (Å²) in [5.74, 6) is 5.37. The molecule has 0 saturated heterocycles. The van der Waals surface area contributed by atoms with Crippen molar-refractivity contribution in [3.8, 4) is 11.8 Å². The van der Waals surface area contributed by atoms with Crippen molar-refractivity contribution in [2.45, 2.75) is 18.9 Å². The van der Waals surface area contributed by atoms with Crippen LogP contribution in [0.15, 0.2) is 40.1 Å². The van der Waals surface area contributed by atoms with Gasteiger partial charge in [0.1, 0.15) is 5.73 Å². The molecule has 1 atom stereocenters. The number of hydrogen-bond donors (Lipinski definition) is 1. The van der Waals surface area contributed by atoms with Crippen LogP contribution in [0, 0.1) is 17.9 Å².